The molecule has 0 unspecified atom stereocenters. The maximum Gasteiger partial charge on any atom is 0.327 e. The van der Waals surface area contributed by atoms with E-state index in [-0.39, 0.29) is 52.4 Å². The normalized spacial score (nSPS) is 17.6. The molecule has 12 nitrogen and oxygen atoms in total. The highest BCUT2D eigenvalue weighted by Crippen LogP contribution is 2.23. The molecule has 8 aromatic carbocycles. The highest BCUT2D eigenvalue weighted by atomic mass is 16.6. The number of ether oxygens (including phenoxy) is 4. The Hall–Kier alpha value is -8.52. The first-order valence-electron chi connectivity index (χ1n) is 27.3. The van der Waals surface area contributed by atoms with Crippen LogP contribution in [0.15, 0.2) is 243 Å². The van der Waals surface area contributed by atoms with Crippen molar-refractivity contribution in [2.75, 3.05) is 26.4 Å². The van der Waals surface area contributed by atoms with Crippen LogP contribution in [0, 0.1) is 0 Å². The van der Waals surface area contributed by atoms with Crippen LogP contribution in [0.25, 0.3) is 0 Å². The van der Waals surface area contributed by atoms with Crippen LogP contribution in [0.5, 0.6) is 0 Å². The number of hydrogen-bond donors (Lipinski definition) is 0. The van der Waals surface area contributed by atoms with Gasteiger partial charge in [0, 0.05) is 52.4 Å². The van der Waals surface area contributed by atoms with Gasteiger partial charge in [0.15, 0.2) is 0 Å². The van der Waals surface area contributed by atoms with Crippen molar-refractivity contribution in [3.05, 3.63) is 287 Å². The van der Waals surface area contributed by atoms with E-state index in [2.05, 4.69) is 0 Å². The summed E-state index contributed by atoms with van der Waals surface area (Å²) in [6.07, 6.45) is 0. The molecule has 1 aliphatic rings. The maximum absolute atomic E-state index is 15.3. The van der Waals surface area contributed by atoms with Crippen LogP contribution in [0.2, 0.25) is 0 Å². The molecule has 0 bridgehead atoms. The van der Waals surface area contributed by atoms with E-state index in [4.69, 9.17) is 18.9 Å². The summed E-state index contributed by atoms with van der Waals surface area (Å²) in [6, 6.07) is 73.4. The zero-order valence-corrected chi connectivity index (χ0v) is 44.9. The molecule has 8 aromatic rings. The van der Waals surface area contributed by atoms with Gasteiger partial charge in [0.25, 0.3) is 0 Å². The lowest BCUT2D eigenvalue weighted by Gasteiger charge is -2.35. The molecule has 0 radical (unpaired) electrons. The van der Waals surface area contributed by atoms with E-state index >= 15 is 19.2 Å². The number of hydrogen-bond acceptors (Lipinski definition) is 12. The van der Waals surface area contributed by atoms with Crippen molar-refractivity contribution in [1.82, 2.24) is 19.6 Å². The first-order valence-corrected chi connectivity index (χ1v) is 27.3. The molecule has 0 amide bonds. The second kappa shape index (κ2) is 29.5. The Labute approximate surface area is 469 Å². The topological polar surface area (TPSA) is 118 Å². The van der Waals surface area contributed by atoms with Crippen molar-refractivity contribution in [3.63, 3.8) is 0 Å². The summed E-state index contributed by atoms with van der Waals surface area (Å²) in [4.78, 5) is 69.1. The summed E-state index contributed by atoms with van der Waals surface area (Å²) in [5.41, 5.74) is 7.32. The highest BCUT2D eigenvalue weighted by molar-refractivity contribution is 5.82. The Balaban J connectivity index is 1.14. The van der Waals surface area contributed by atoms with Crippen LogP contribution < -0.4 is 0 Å². The van der Waals surface area contributed by atoms with Gasteiger partial charge in [0.2, 0.25) is 0 Å². The smallest absolute Gasteiger partial charge is 0.327 e. The highest BCUT2D eigenvalue weighted by Gasteiger charge is 2.39. The Kier molecular flexibility index (Phi) is 20.7. The summed E-state index contributed by atoms with van der Waals surface area (Å²) in [7, 11) is 0. The molecule has 1 aliphatic heterocycles. The number of benzene rings is 8. The summed E-state index contributed by atoms with van der Waals surface area (Å²) in [6.45, 7) is 0.560. The lowest BCUT2D eigenvalue weighted by molar-refractivity contribution is -0.170. The van der Waals surface area contributed by atoms with Crippen LogP contribution in [0.4, 0.5) is 0 Å². The molecule has 408 valence electrons. The van der Waals surface area contributed by atoms with Gasteiger partial charge in [-0.2, -0.15) is 0 Å². The Morgan fingerprint density at radius 2 is 0.350 bits per heavy atom. The standard InChI is InChI=1S/C68H68N4O8/c73-65-61(69(41-53-25-9-1-10-26-53)42-54-27-11-2-12-28-54)49-77-66(74)63(71(45-57-33-17-5-18-34-57)46-58-35-19-6-20-36-58)51-79-68(76)64(72(47-59-37-21-7-22-38-59)48-60-39-23-8-24-40-60)52-80-67(75)62(50-78-65)70(43-55-29-13-3-14-30-55)44-56-31-15-4-16-32-56/h1-40,61-64H,41-52H2/t61-,62-,63-,64-/m0/s1. The van der Waals surface area contributed by atoms with Crippen molar-refractivity contribution >= 4 is 23.9 Å². The molecule has 1 saturated heterocycles. The molecular formula is C68H68N4O8. The largest absolute Gasteiger partial charge is 0.462 e. The Morgan fingerprint density at radius 3 is 0.475 bits per heavy atom. The monoisotopic (exact) mass is 1070 g/mol. The molecule has 9 rings (SSSR count). The van der Waals surface area contributed by atoms with Crippen molar-refractivity contribution < 1.29 is 38.1 Å². The molecular weight excluding hydrogens is 1000 g/mol. The predicted molar refractivity (Wildman–Crippen MR) is 308 cm³/mol. The second-order valence-electron chi connectivity index (χ2n) is 20.1. The lowest BCUT2D eigenvalue weighted by atomic mass is 10.1. The fraction of sp³-hybridized carbons (Fsp3) is 0.235. The third-order valence-corrected chi connectivity index (χ3v) is 14.2. The van der Waals surface area contributed by atoms with Crippen LogP contribution in [-0.2, 0) is 90.5 Å². The number of nitrogens with zero attached hydrogens (tertiary/aromatic N) is 4. The summed E-state index contributed by atoms with van der Waals surface area (Å²) < 4.78 is 25.8. The van der Waals surface area contributed by atoms with E-state index in [1.807, 2.05) is 262 Å². The number of carbonyl (C=O) groups is 4. The van der Waals surface area contributed by atoms with Gasteiger partial charge in [-0.3, -0.25) is 38.8 Å². The molecule has 1 fully saturated rings. The van der Waals surface area contributed by atoms with E-state index in [0.29, 0.717) is 0 Å². The van der Waals surface area contributed by atoms with Crippen molar-refractivity contribution in [1.29, 1.82) is 0 Å². The van der Waals surface area contributed by atoms with Crippen LogP contribution in [-0.4, -0.2) is 94.1 Å². The molecule has 0 saturated carbocycles. The van der Waals surface area contributed by atoms with Gasteiger partial charge in [0.1, 0.15) is 50.6 Å². The van der Waals surface area contributed by atoms with Gasteiger partial charge >= 0.3 is 23.9 Å². The second-order valence-corrected chi connectivity index (χ2v) is 20.1. The molecule has 80 heavy (non-hydrogen) atoms. The molecule has 0 aliphatic carbocycles. The third-order valence-electron chi connectivity index (χ3n) is 14.2. The Bertz CT molecular complexity index is 2530. The van der Waals surface area contributed by atoms with Crippen molar-refractivity contribution in [3.8, 4) is 0 Å². The van der Waals surface area contributed by atoms with Gasteiger partial charge in [-0.15, -0.1) is 0 Å². The number of rotatable bonds is 20. The molecule has 0 N–H and O–H groups in total. The minimum atomic E-state index is -1.17. The molecule has 0 aromatic heterocycles. The van der Waals surface area contributed by atoms with E-state index in [1.54, 1.807) is 0 Å². The quantitative estimate of drug-likeness (QED) is 0.0534. The van der Waals surface area contributed by atoms with Gasteiger partial charge < -0.3 is 18.9 Å². The van der Waals surface area contributed by atoms with E-state index < -0.39 is 74.5 Å². The van der Waals surface area contributed by atoms with Crippen LogP contribution in [0.3, 0.4) is 0 Å². The fourth-order valence-electron chi connectivity index (χ4n) is 9.97. The minimum Gasteiger partial charge on any atom is -0.462 e. The van der Waals surface area contributed by atoms with Crippen LogP contribution >= 0.6 is 0 Å². The fourth-order valence-corrected chi connectivity index (χ4v) is 9.97. The minimum absolute atomic E-state index is 0.283. The predicted octanol–water partition coefficient (Wildman–Crippen LogP) is 10.5. The molecule has 4 atom stereocenters. The number of esters is 4. The first-order chi connectivity index (χ1) is 39.3. The van der Waals surface area contributed by atoms with Crippen molar-refractivity contribution in [2.24, 2.45) is 0 Å². The van der Waals surface area contributed by atoms with Crippen LogP contribution in [0.1, 0.15) is 44.5 Å². The van der Waals surface area contributed by atoms with Gasteiger partial charge in [-0.05, 0) is 44.5 Å². The lowest BCUT2D eigenvalue weighted by Crippen LogP contribution is -2.52. The van der Waals surface area contributed by atoms with E-state index in [9.17, 15) is 0 Å². The van der Waals surface area contributed by atoms with Gasteiger partial charge in [-0.1, -0.05) is 243 Å². The maximum atomic E-state index is 15.3. The van der Waals surface area contributed by atoms with E-state index in [1.165, 1.54) is 0 Å². The average molecular weight is 1070 g/mol. The molecule has 12 heteroatoms. The zero-order chi connectivity index (χ0) is 55.1. The first kappa shape index (κ1) is 56.2. The Morgan fingerprint density at radius 1 is 0.225 bits per heavy atom. The molecule has 0 spiro atoms. The third kappa shape index (κ3) is 16.7. The summed E-state index contributed by atoms with van der Waals surface area (Å²) >= 11 is 0. The number of carbonyl (C=O) groups excluding carboxylic acids is 4. The van der Waals surface area contributed by atoms with Crippen molar-refractivity contribution in [2.45, 2.75) is 76.5 Å². The average Bonchev–Trinajstić information content (AvgIpc) is 3.49. The number of cyclic esters (lactones) is 4. The van der Waals surface area contributed by atoms with Gasteiger partial charge in [0.05, 0.1) is 0 Å². The SMILES string of the molecule is O=C1OC[C@H](N(Cc2ccccc2)Cc2ccccc2)C(=O)OC[C@H](N(Cc2ccccc2)Cc2ccccc2)C(=O)OC[C@H](N(Cc2ccccc2)Cc2ccccc2)C(=O)OC[C@@H]1N(Cc1ccccc1)Cc1ccccc1. The molecule has 1 heterocycles. The summed E-state index contributed by atoms with van der Waals surface area (Å²) in [5, 5.41) is 0. The van der Waals surface area contributed by atoms with Gasteiger partial charge in [-0.25, -0.2) is 0 Å². The zero-order valence-electron chi connectivity index (χ0n) is 44.9. The van der Waals surface area contributed by atoms with E-state index in [0.717, 1.165) is 44.5 Å². The summed E-state index contributed by atoms with van der Waals surface area (Å²) in [5.74, 6) is -2.79.